The number of hydrogen-bond acceptors (Lipinski definition) is 3. The zero-order valence-electron chi connectivity index (χ0n) is 51.4. The molecule has 0 atom stereocenters. The Hall–Kier alpha value is -7.34. The summed E-state index contributed by atoms with van der Waals surface area (Å²) in [6, 6.07) is 64.8. The lowest BCUT2D eigenvalue weighted by Crippen LogP contribution is -2.61. The largest absolute Gasteiger partial charge is 0.376 e. The average molecular weight is 1090 g/mol. The van der Waals surface area contributed by atoms with Gasteiger partial charge in [0.2, 0.25) is 0 Å². The fourth-order valence-corrected chi connectivity index (χ4v) is 15.4. The normalized spacial score (nSPS) is 14.7. The summed E-state index contributed by atoms with van der Waals surface area (Å²) in [6.45, 7) is 39.8. The van der Waals surface area contributed by atoms with Crippen molar-refractivity contribution in [1.82, 2.24) is 4.57 Å². The van der Waals surface area contributed by atoms with Crippen molar-refractivity contribution in [2.24, 2.45) is 0 Å². The monoisotopic (exact) mass is 1090 g/mol. The van der Waals surface area contributed by atoms with E-state index in [1.165, 1.54) is 131 Å². The second-order valence-corrected chi connectivity index (χ2v) is 31.0. The van der Waals surface area contributed by atoms with Crippen LogP contribution in [0.3, 0.4) is 0 Å². The summed E-state index contributed by atoms with van der Waals surface area (Å²) in [4.78, 5) is 5.23. The Morgan fingerprint density at radius 2 is 0.963 bits per heavy atom. The molecular weight excluding hydrogens is 1010 g/mol. The van der Waals surface area contributed by atoms with Gasteiger partial charge in [-0.1, -0.05) is 197 Å². The first-order valence-electron chi connectivity index (χ1n) is 29.9. The number of rotatable bonds is 4. The lowest BCUT2D eigenvalue weighted by atomic mass is 9.43. The van der Waals surface area contributed by atoms with Crippen LogP contribution in [0.5, 0.6) is 0 Å². The zero-order chi connectivity index (χ0) is 57.7. The molecule has 0 N–H and O–H groups in total. The number of benzene rings is 9. The molecule has 4 heterocycles. The Morgan fingerprint density at radius 1 is 0.439 bits per heavy atom. The predicted molar refractivity (Wildman–Crippen MR) is 358 cm³/mol. The van der Waals surface area contributed by atoms with Crippen LogP contribution in [0.15, 0.2) is 164 Å². The molecular formula is C77H78BN3S. The molecule has 5 heteroatoms. The molecule has 1 aliphatic carbocycles. The van der Waals surface area contributed by atoms with Gasteiger partial charge in [-0.2, -0.15) is 0 Å². The second kappa shape index (κ2) is 17.4. The lowest BCUT2D eigenvalue weighted by molar-refractivity contribution is 0.590. The van der Waals surface area contributed by atoms with Gasteiger partial charge < -0.3 is 14.3 Å². The van der Waals surface area contributed by atoms with Crippen LogP contribution >= 0.6 is 11.3 Å². The van der Waals surface area contributed by atoms with E-state index in [-0.39, 0.29) is 39.3 Å². The Labute approximate surface area is 491 Å². The number of hydrogen-bond donors (Lipinski definition) is 0. The lowest BCUT2D eigenvalue weighted by Gasteiger charge is -2.43. The third-order valence-corrected chi connectivity index (χ3v) is 20.0. The molecule has 0 spiro atoms. The number of thiophene rings is 1. The molecule has 9 aromatic carbocycles. The number of nitrogens with zero attached hydrogens (tertiary/aromatic N) is 3. The Kier molecular flexibility index (Phi) is 11.2. The summed E-state index contributed by atoms with van der Waals surface area (Å²) >= 11 is 1.93. The van der Waals surface area contributed by atoms with Crippen molar-refractivity contribution in [3.63, 3.8) is 0 Å². The summed E-state index contributed by atoms with van der Waals surface area (Å²) in [7, 11) is 0. The van der Waals surface area contributed by atoms with E-state index in [2.05, 4.69) is 296 Å². The molecule has 3 nitrogen and oxygen atoms in total. The first kappa shape index (κ1) is 52.7. The molecule has 3 aliphatic rings. The first-order valence-corrected chi connectivity index (χ1v) is 30.8. The minimum absolute atomic E-state index is 0.000344. The molecule has 2 aromatic heterocycles. The molecule has 0 bridgehead atoms. The Bertz CT molecular complexity index is 4420. The van der Waals surface area contributed by atoms with E-state index in [9.17, 15) is 0 Å². The molecule has 82 heavy (non-hydrogen) atoms. The summed E-state index contributed by atoms with van der Waals surface area (Å²) in [5.74, 6) is 0. The van der Waals surface area contributed by atoms with Crippen molar-refractivity contribution in [1.29, 1.82) is 0 Å². The topological polar surface area (TPSA) is 11.4 Å². The standard InChI is InChI=1S/C77H78BN3S/c1-72(2,3)45-22-30-50(31-23-45)79(51-32-24-46(25-33-51)73(4,5)6)53-36-39-64-55(42-53)56-43-63-58(44-65(56)82-64)67-66-54-20-18-19-21-59(54)77(16,17)69(66)68-57-40-48(75(10,11)12)28-37-61(57)80-62-38-29-49(76(13,14)15)41-60(62)78(70(67)71(68)80)81(63)52-34-26-47(27-35-52)74(7,8)9/h18-44H,1-17H3. The van der Waals surface area contributed by atoms with E-state index in [4.69, 9.17) is 0 Å². The molecule has 0 saturated heterocycles. The van der Waals surface area contributed by atoms with Crippen molar-refractivity contribution >= 4 is 99.5 Å². The van der Waals surface area contributed by atoms with Crippen LogP contribution < -0.4 is 20.6 Å². The predicted octanol–water partition coefficient (Wildman–Crippen LogP) is 20.7. The van der Waals surface area contributed by atoms with E-state index < -0.39 is 0 Å². The fourth-order valence-electron chi connectivity index (χ4n) is 14.3. The van der Waals surface area contributed by atoms with E-state index in [0.717, 1.165) is 17.1 Å². The molecule has 0 fully saturated rings. The van der Waals surface area contributed by atoms with Gasteiger partial charge in [0.25, 0.3) is 0 Å². The second-order valence-electron chi connectivity index (χ2n) is 29.9. The van der Waals surface area contributed by atoms with Crippen LogP contribution in [0.1, 0.15) is 157 Å². The molecule has 0 saturated carbocycles. The van der Waals surface area contributed by atoms with Gasteiger partial charge in [-0.05, 0) is 179 Å². The van der Waals surface area contributed by atoms with E-state index >= 15 is 0 Å². The molecule has 2 aliphatic heterocycles. The van der Waals surface area contributed by atoms with E-state index in [1.54, 1.807) is 0 Å². The van der Waals surface area contributed by atoms with Crippen molar-refractivity contribution < 1.29 is 0 Å². The maximum atomic E-state index is 2.77. The molecule has 0 amide bonds. The van der Waals surface area contributed by atoms with Gasteiger partial charge >= 0.3 is 6.85 Å². The highest BCUT2D eigenvalue weighted by Crippen LogP contribution is 2.60. The van der Waals surface area contributed by atoms with Gasteiger partial charge in [0.15, 0.2) is 0 Å². The highest BCUT2D eigenvalue weighted by Gasteiger charge is 2.50. The summed E-state index contributed by atoms with van der Waals surface area (Å²) < 4.78 is 5.28. The SMILES string of the molecule is CC(C)(C)c1ccc(N2B3c4cc(C(C)(C)C)ccc4-n4c5ccc(C(C)(C)C)cc5c5c6c(c(c3c54)-c3cc4sc5ccc(N(c7ccc(C(C)(C)C)cc7)c7ccc(C(C)(C)C)cc7)cc5c4cc32)-c2ccccc2C6(C)C)cc1. The quantitative estimate of drug-likeness (QED) is 0.163. The maximum absolute atomic E-state index is 2.77. The Morgan fingerprint density at radius 3 is 1.56 bits per heavy atom. The van der Waals surface area contributed by atoms with Gasteiger partial charge in [-0.3, -0.25) is 0 Å². The van der Waals surface area contributed by atoms with Crippen LogP contribution in [0.4, 0.5) is 28.4 Å². The molecule has 14 rings (SSSR count). The van der Waals surface area contributed by atoms with Crippen molar-refractivity contribution in [3.05, 3.63) is 203 Å². The zero-order valence-corrected chi connectivity index (χ0v) is 52.2. The van der Waals surface area contributed by atoms with Crippen LogP contribution in [0.25, 0.3) is 69.9 Å². The fraction of sp³-hybridized carbons (Fsp3) is 0.299. The van der Waals surface area contributed by atoms with Crippen LogP contribution in [-0.2, 0) is 32.5 Å². The van der Waals surface area contributed by atoms with Crippen LogP contribution in [0, 0.1) is 0 Å². The number of fused-ring (bicyclic) bond motifs is 16. The van der Waals surface area contributed by atoms with Crippen molar-refractivity contribution in [2.75, 3.05) is 9.71 Å². The number of aromatic nitrogens is 1. The summed E-state index contributed by atoms with van der Waals surface area (Å²) in [6.07, 6.45) is 0. The third kappa shape index (κ3) is 7.81. The minimum atomic E-state index is -0.270. The van der Waals surface area contributed by atoms with Crippen molar-refractivity contribution in [3.8, 4) is 27.9 Å². The van der Waals surface area contributed by atoms with Gasteiger partial charge in [-0.15, -0.1) is 11.3 Å². The first-order chi connectivity index (χ1) is 38.6. The van der Waals surface area contributed by atoms with Gasteiger partial charge in [-0.25, -0.2) is 0 Å². The highest BCUT2D eigenvalue weighted by molar-refractivity contribution is 7.25. The maximum Gasteiger partial charge on any atom is 0.333 e. The smallest absolute Gasteiger partial charge is 0.333 e. The average Bonchev–Trinajstić information content (AvgIpc) is 1.46. The van der Waals surface area contributed by atoms with Gasteiger partial charge in [0.05, 0.1) is 11.0 Å². The summed E-state index contributed by atoms with van der Waals surface area (Å²) in [5, 5.41) is 5.31. The molecule has 11 aromatic rings. The minimum Gasteiger partial charge on any atom is -0.376 e. The van der Waals surface area contributed by atoms with Crippen LogP contribution in [-0.4, -0.2) is 11.4 Å². The van der Waals surface area contributed by atoms with E-state index in [1.807, 2.05) is 11.3 Å². The highest BCUT2D eigenvalue weighted by atomic mass is 32.1. The number of anilines is 5. The van der Waals surface area contributed by atoms with Crippen LogP contribution in [0.2, 0.25) is 0 Å². The molecule has 0 radical (unpaired) electrons. The van der Waals surface area contributed by atoms with Gasteiger partial charge in [0, 0.05) is 76.0 Å². The molecule has 0 unspecified atom stereocenters. The summed E-state index contributed by atoms with van der Waals surface area (Å²) in [5.41, 5.74) is 27.3. The molecule has 410 valence electrons. The third-order valence-electron chi connectivity index (χ3n) is 18.9. The Balaban J connectivity index is 1.11. The van der Waals surface area contributed by atoms with E-state index in [0.29, 0.717) is 0 Å². The van der Waals surface area contributed by atoms with Crippen molar-refractivity contribution in [2.45, 2.75) is 150 Å². The van der Waals surface area contributed by atoms with Gasteiger partial charge in [0.1, 0.15) is 0 Å².